The van der Waals surface area contributed by atoms with Crippen molar-refractivity contribution in [2.75, 3.05) is 19.8 Å². The smallest absolute Gasteiger partial charge is 0.168 e. The van der Waals surface area contributed by atoms with E-state index >= 15 is 0 Å². The molecule has 1 saturated heterocycles. The number of ether oxygens (including phenoxy) is 1. The van der Waals surface area contributed by atoms with Crippen molar-refractivity contribution >= 4 is 11.5 Å². The van der Waals surface area contributed by atoms with Gasteiger partial charge in [-0.05, 0) is 31.6 Å². The van der Waals surface area contributed by atoms with Gasteiger partial charge < -0.3 is 14.7 Å². The molecule has 5 nitrogen and oxygen atoms in total. The van der Waals surface area contributed by atoms with Gasteiger partial charge in [0.25, 0.3) is 0 Å². The molecule has 0 unspecified atom stereocenters. The quantitative estimate of drug-likeness (QED) is 0.625. The van der Waals surface area contributed by atoms with E-state index in [1.54, 1.807) is 0 Å². The topological polar surface area (TPSA) is 68.1 Å². The molecule has 0 aromatic carbocycles. The number of ketones is 1. The normalized spacial score (nSPS) is 22.8. The Labute approximate surface area is 126 Å². The largest absolute Gasteiger partial charge is 0.511 e. The van der Waals surface area contributed by atoms with Crippen LogP contribution in [0.3, 0.4) is 0 Å². The lowest BCUT2D eigenvalue weighted by molar-refractivity contribution is -0.120. The second-order valence-corrected chi connectivity index (χ2v) is 5.92. The molecule has 0 saturated carbocycles. The van der Waals surface area contributed by atoms with Gasteiger partial charge in [-0.3, -0.25) is 4.79 Å². The maximum absolute atomic E-state index is 12.6. The molecule has 1 N–H and O–H groups in total. The molecule has 0 aromatic rings. The highest BCUT2D eigenvalue weighted by Crippen LogP contribution is 2.44. The van der Waals surface area contributed by atoms with Gasteiger partial charge in [0.05, 0.1) is 11.3 Å². The summed E-state index contributed by atoms with van der Waals surface area (Å²) in [5.74, 6) is 0.174. The van der Waals surface area contributed by atoms with Crippen molar-refractivity contribution < 1.29 is 19.5 Å². The van der Waals surface area contributed by atoms with Gasteiger partial charge in [0.2, 0.25) is 0 Å². The van der Waals surface area contributed by atoms with Crippen molar-refractivity contribution in [2.24, 2.45) is 10.6 Å². The minimum absolute atomic E-state index is 0.00690. The Morgan fingerprint density at radius 3 is 2.62 bits per heavy atom. The molecule has 0 aromatic heterocycles. The fraction of sp³-hybridized carbons (Fsp3) is 0.750. The monoisotopic (exact) mass is 295 g/mol. The zero-order chi connectivity index (χ0) is 15.3. The van der Waals surface area contributed by atoms with Crippen LogP contribution in [0.2, 0.25) is 0 Å². The maximum Gasteiger partial charge on any atom is 0.168 e. The summed E-state index contributed by atoms with van der Waals surface area (Å²) in [7, 11) is 0. The van der Waals surface area contributed by atoms with Crippen LogP contribution in [0.1, 0.15) is 52.4 Å². The van der Waals surface area contributed by atoms with Crippen molar-refractivity contribution in [3.05, 3.63) is 11.3 Å². The molecule has 1 spiro atoms. The molecular weight excluding hydrogens is 270 g/mol. The average Bonchev–Trinajstić information content (AvgIpc) is 2.44. The molecule has 1 aliphatic heterocycles. The van der Waals surface area contributed by atoms with E-state index < -0.39 is 0 Å². The molecule has 0 bridgehead atoms. The van der Waals surface area contributed by atoms with Gasteiger partial charge in [0.15, 0.2) is 5.78 Å². The van der Waals surface area contributed by atoms with Gasteiger partial charge >= 0.3 is 0 Å². The number of oxime groups is 1. The number of aliphatic hydroxyl groups excluding tert-OH is 1. The summed E-state index contributed by atoms with van der Waals surface area (Å²) < 4.78 is 5.38. The van der Waals surface area contributed by atoms with Crippen LogP contribution in [-0.4, -0.2) is 36.4 Å². The number of aliphatic hydroxyl groups is 1. The summed E-state index contributed by atoms with van der Waals surface area (Å²) in [4.78, 5) is 17.7. The third-order valence-corrected chi connectivity index (χ3v) is 4.28. The third-order valence-electron chi connectivity index (χ3n) is 4.28. The number of hydrogen-bond donors (Lipinski definition) is 1. The summed E-state index contributed by atoms with van der Waals surface area (Å²) in [6, 6.07) is 0. The maximum atomic E-state index is 12.6. The van der Waals surface area contributed by atoms with Gasteiger partial charge in [-0.15, -0.1) is 0 Å². The molecule has 21 heavy (non-hydrogen) atoms. The lowest BCUT2D eigenvalue weighted by Crippen LogP contribution is -2.37. The van der Waals surface area contributed by atoms with Crippen molar-refractivity contribution in [2.45, 2.75) is 52.4 Å². The van der Waals surface area contributed by atoms with Crippen molar-refractivity contribution in [3.63, 3.8) is 0 Å². The van der Waals surface area contributed by atoms with E-state index in [0.29, 0.717) is 50.4 Å². The van der Waals surface area contributed by atoms with E-state index in [1.165, 1.54) is 0 Å². The molecule has 0 amide bonds. The van der Waals surface area contributed by atoms with Crippen LogP contribution >= 0.6 is 0 Å². The Morgan fingerprint density at radius 2 is 2.05 bits per heavy atom. The first-order valence-corrected chi connectivity index (χ1v) is 7.84. The summed E-state index contributed by atoms with van der Waals surface area (Å²) in [5, 5.41) is 14.5. The van der Waals surface area contributed by atoms with E-state index in [9.17, 15) is 9.90 Å². The average molecular weight is 295 g/mol. The van der Waals surface area contributed by atoms with Gasteiger partial charge in [-0.2, -0.15) is 0 Å². The molecule has 5 heteroatoms. The number of carbonyl (C=O) groups excluding carboxylic acids is 1. The standard InChI is InChI=1S/C16H25NO4/c1-3-5-12(17-21-4-2)15-13(18)10-16(11-14(15)19)6-8-20-9-7-16/h18H,3-11H2,1-2H3. The number of allylic oxidation sites excluding steroid dienone is 2. The first-order chi connectivity index (χ1) is 10.1. The predicted molar refractivity (Wildman–Crippen MR) is 80.4 cm³/mol. The van der Waals surface area contributed by atoms with Crippen LogP contribution in [0.15, 0.2) is 16.5 Å². The highest BCUT2D eigenvalue weighted by molar-refractivity contribution is 6.23. The molecule has 0 radical (unpaired) electrons. The number of nitrogens with zero attached hydrogens (tertiary/aromatic N) is 1. The molecule has 0 atom stereocenters. The van der Waals surface area contributed by atoms with Crippen LogP contribution in [0.25, 0.3) is 0 Å². The van der Waals surface area contributed by atoms with Gasteiger partial charge in [-0.1, -0.05) is 18.5 Å². The summed E-state index contributed by atoms with van der Waals surface area (Å²) in [5.41, 5.74) is 0.859. The lowest BCUT2D eigenvalue weighted by atomic mass is 9.68. The lowest BCUT2D eigenvalue weighted by Gasteiger charge is -2.39. The SMILES string of the molecule is CCCC(=NOCC)C1=C(O)CC2(CCOCC2)CC1=O. The Morgan fingerprint density at radius 1 is 1.33 bits per heavy atom. The van der Waals surface area contributed by atoms with E-state index in [2.05, 4.69) is 5.16 Å². The summed E-state index contributed by atoms with van der Waals surface area (Å²) >= 11 is 0. The highest BCUT2D eigenvalue weighted by Gasteiger charge is 2.42. The van der Waals surface area contributed by atoms with Gasteiger partial charge in [-0.25, -0.2) is 0 Å². The number of Topliss-reactive ketones (excluding diaryl/α,β-unsaturated/α-hetero) is 1. The molecule has 118 valence electrons. The second-order valence-electron chi connectivity index (χ2n) is 5.92. The Bertz CT molecular complexity index is 447. The Balaban J connectivity index is 2.25. The Kier molecular flexibility index (Phi) is 5.39. The summed E-state index contributed by atoms with van der Waals surface area (Å²) in [6.07, 6.45) is 4.19. The Hall–Kier alpha value is -1.36. The molecule has 2 aliphatic rings. The first-order valence-electron chi connectivity index (χ1n) is 7.84. The van der Waals surface area contributed by atoms with Crippen LogP contribution in [0.4, 0.5) is 0 Å². The fourth-order valence-electron chi connectivity index (χ4n) is 3.18. The first kappa shape index (κ1) is 16.0. The molecule has 1 aliphatic carbocycles. The number of rotatable bonds is 5. The van der Waals surface area contributed by atoms with E-state index in [0.717, 1.165) is 19.3 Å². The number of hydrogen-bond acceptors (Lipinski definition) is 5. The van der Waals surface area contributed by atoms with Gasteiger partial charge in [0.1, 0.15) is 12.4 Å². The molecule has 1 fully saturated rings. The summed E-state index contributed by atoms with van der Waals surface area (Å²) in [6.45, 7) is 5.67. The van der Waals surface area contributed by atoms with Crippen LogP contribution < -0.4 is 0 Å². The second kappa shape index (κ2) is 7.07. The van der Waals surface area contributed by atoms with Crippen molar-refractivity contribution in [1.29, 1.82) is 0 Å². The van der Waals surface area contributed by atoms with Gasteiger partial charge in [0, 0.05) is 26.1 Å². The van der Waals surface area contributed by atoms with E-state index in [4.69, 9.17) is 9.57 Å². The molecular formula is C16H25NO4. The zero-order valence-electron chi connectivity index (χ0n) is 13.0. The minimum Gasteiger partial charge on any atom is -0.511 e. The van der Waals surface area contributed by atoms with Crippen LogP contribution in [-0.2, 0) is 14.4 Å². The van der Waals surface area contributed by atoms with Crippen molar-refractivity contribution in [3.8, 4) is 0 Å². The van der Waals surface area contributed by atoms with Crippen molar-refractivity contribution in [1.82, 2.24) is 0 Å². The molecule has 2 rings (SSSR count). The third kappa shape index (κ3) is 3.64. The minimum atomic E-state index is -0.119. The fourth-order valence-corrected chi connectivity index (χ4v) is 3.18. The zero-order valence-corrected chi connectivity index (χ0v) is 13.0. The molecule has 1 heterocycles. The van der Waals surface area contributed by atoms with E-state index in [-0.39, 0.29) is 17.0 Å². The van der Waals surface area contributed by atoms with E-state index in [1.807, 2.05) is 13.8 Å². The number of carbonyl (C=O) groups is 1. The highest BCUT2D eigenvalue weighted by atomic mass is 16.6. The predicted octanol–water partition coefficient (Wildman–Crippen LogP) is 3.15. The van der Waals surface area contributed by atoms with Crippen LogP contribution in [0, 0.1) is 5.41 Å². The van der Waals surface area contributed by atoms with Crippen LogP contribution in [0.5, 0.6) is 0 Å².